The summed E-state index contributed by atoms with van der Waals surface area (Å²) in [5, 5.41) is 3.82. The Morgan fingerprint density at radius 3 is 3.07 bits per heavy atom. The average molecular weight is 267 g/mol. The molecule has 0 fully saturated rings. The Morgan fingerprint density at radius 1 is 1.53 bits per heavy atom. The molecule has 0 amide bonds. The van der Waals surface area contributed by atoms with E-state index in [9.17, 15) is 4.79 Å². The van der Waals surface area contributed by atoms with E-state index >= 15 is 0 Å². The summed E-state index contributed by atoms with van der Waals surface area (Å²) < 4.78 is 0.980. The second-order valence-electron chi connectivity index (χ2n) is 3.35. The topological polar surface area (TPSA) is 44.9 Å². The average Bonchev–Trinajstić information content (AvgIpc) is 2.60. The molecule has 0 bridgehead atoms. The van der Waals surface area contributed by atoms with Gasteiger partial charge in [-0.15, -0.1) is 0 Å². The molecule has 2 rings (SSSR count). The molecule has 3 nitrogen and oxygen atoms in total. The van der Waals surface area contributed by atoms with Crippen LogP contribution in [0.25, 0.3) is 10.9 Å². The molecular weight excluding hydrogens is 256 g/mol. The Kier molecular flexibility index (Phi) is 2.88. The first-order chi connectivity index (χ1) is 7.22. The van der Waals surface area contributed by atoms with Crippen LogP contribution in [0.15, 0.2) is 28.9 Å². The molecule has 0 radical (unpaired) electrons. The standard InChI is InChI=1S/C11H11BrN2O/c1-13-6-11(15)9-5-14-10-3-2-7(12)4-8(9)10/h2-5,13-14H,6H2,1H3. The number of aromatic amines is 1. The third kappa shape index (κ3) is 1.96. The van der Waals surface area contributed by atoms with Crippen LogP contribution in [-0.4, -0.2) is 24.4 Å². The number of hydrogen-bond acceptors (Lipinski definition) is 2. The first kappa shape index (κ1) is 10.4. The summed E-state index contributed by atoms with van der Waals surface area (Å²) in [6, 6.07) is 5.86. The predicted molar refractivity (Wildman–Crippen MR) is 64.3 cm³/mol. The lowest BCUT2D eigenvalue weighted by Gasteiger charge is -1.98. The van der Waals surface area contributed by atoms with Gasteiger partial charge in [-0.25, -0.2) is 0 Å². The van der Waals surface area contributed by atoms with Gasteiger partial charge in [0.05, 0.1) is 6.54 Å². The fourth-order valence-corrected chi connectivity index (χ4v) is 1.94. The van der Waals surface area contributed by atoms with E-state index in [4.69, 9.17) is 0 Å². The second kappa shape index (κ2) is 4.16. The van der Waals surface area contributed by atoms with Crippen molar-refractivity contribution in [3.8, 4) is 0 Å². The summed E-state index contributed by atoms with van der Waals surface area (Å²) in [6.45, 7) is 0.361. The van der Waals surface area contributed by atoms with Gasteiger partial charge in [-0.1, -0.05) is 15.9 Å². The smallest absolute Gasteiger partial charge is 0.178 e. The molecule has 0 unspecified atom stereocenters. The van der Waals surface area contributed by atoms with E-state index in [2.05, 4.69) is 26.2 Å². The fourth-order valence-electron chi connectivity index (χ4n) is 1.58. The van der Waals surface area contributed by atoms with E-state index in [-0.39, 0.29) is 5.78 Å². The molecule has 15 heavy (non-hydrogen) atoms. The molecule has 2 N–H and O–H groups in total. The third-order valence-corrected chi connectivity index (χ3v) is 2.77. The minimum atomic E-state index is 0.0989. The van der Waals surface area contributed by atoms with Crippen LogP contribution in [0.3, 0.4) is 0 Å². The molecule has 1 heterocycles. The number of ketones is 1. The summed E-state index contributed by atoms with van der Waals surface area (Å²) in [4.78, 5) is 14.8. The van der Waals surface area contributed by atoms with Crippen molar-refractivity contribution >= 4 is 32.6 Å². The van der Waals surface area contributed by atoms with Crippen LogP contribution in [0, 0.1) is 0 Å². The molecule has 0 saturated carbocycles. The highest BCUT2D eigenvalue weighted by atomic mass is 79.9. The molecule has 0 aliphatic heterocycles. The van der Waals surface area contributed by atoms with Gasteiger partial charge in [0.1, 0.15) is 0 Å². The normalized spacial score (nSPS) is 10.8. The summed E-state index contributed by atoms with van der Waals surface area (Å²) in [5.41, 5.74) is 1.72. The van der Waals surface area contributed by atoms with Crippen molar-refractivity contribution in [3.63, 3.8) is 0 Å². The summed E-state index contributed by atoms with van der Waals surface area (Å²) in [7, 11) is 1.77. The van der Waals surface area contributed by atoms with Crippen LogP contribution < -0.4 is 5.32 Å². The second-order valence-corrected chi connectivity index (χ2v) is 4.26. The number of benzene rings is 1. The molecular formula is C11H11BrN2O. The zero-order chi connectivity index (χ0) is 10.8. The molecule has 2 aromatic rings. The molecule has 0 saturated heterocycles. The molecule has 1 aromatic heterocycles. The van der Waals surface area contributed by atoms with Crippen LogP contribution in [0.2, 0.25) is 0 Å². The summed E-state index contributed by atoms with van der Waals surface area (Å²) in [6.07, 6.45) is 1.76. The molecule has 0 aliphatic carbocycles. The maximum Gasteiger partial charge on any atom is 0.178 e. The zero-order valence-electron chi connectivity index (χ0n) is 8.30. The van der Waals surface area contributed by atoms with Gasteiger partial charge in [0.25, 0.3) is 0 Å². The molecule has 0 aliphatic rings. The van der Waals surface area contributed by atoms with Crippen molar-refractivity contribution in [2.24, 2.45) is 0 Å². The van der Waals surface area contributed by atoms with Gasteiger partial charge < -0.3 is 10.3 Å². The number of likely N-dealkylation sites (N-methyl/N-ethyl adjacent to an activating group) is 1. The fraction of sp³-hybridized carbons (Fsp3) is 0.182. The van der Waals surface area contributed by atoms with Crippen molar-refractivity contribution in [1.29, 1.82) is 0 Å². The highest BCUT2D eigenvalue weighted by Gasteiger charge is 2.10. The van der Waals surface area contributed by atoms with Crippen molar-refractivity contribution in [2.75, 3.05) is 13.6 Å². The van der Waals surface area contributed by atoms with Crippen LogP contribution >= 0.6 is 15.9 Å². The van der Waals surface area contributed by atoms with Crippen LogP contribution in [0.5, 0.6) is 0 Å². The first-order valence-electron chi connectivity index (χ1n) is 4.67. The largest absolute Gasteiger partial charge is 0.360 e. The minimum Gasteiger partial charge on any atom is -0.360 e. The van der Waals surface area contributed by atoms with Gasteiger partial charge in [0.15, 0.2) is 5.78 Å². The maximum atomic E-state index is 11.7. The van der Waals surface area contributed by atoms with Gasteiger partial charge in [0.2, 0.25) is 0 Å². The summed E-state index contributed by atoms with van der Waals surface area (Å²) >= 11 is 3.40. The van der Waals surface area contributed by atoms with E-state index in [1.54, 1.807) is 13.2 Å². The number of rotatable bonds is 3. The number of carbonyl (C=O) groups is 1. The van der Waals surface area contributed by atoms with Gasteiger partial charge in [-0.3, -0.25) is 4.79 Å². The highest BCUT2D eigenvalue weighted by molar-refractivity contribution is 9.10. The summed E-state index contributed by atoms with van der Waals surface area (Å²) in [5.74, 6) is 0.0989. The van der Waals surface area contributed by atoms with Crippen molar-refractivity contribution < 1.29 is 4.79 Å². The lowest BCUT2D eigenvalue weighted by Crippen LogP contribution is -2.18. The number of aromatic nitrogens is 1. The molecule has 0 atom stereocenters. The number of H-pyrrole nitrogens is 1. The van der Waals surface area contributed by atoms with E-state index in [1.165, 1.54) is 0 Å². The minimum absolute atomic E-state index is 0.0989. The van der Waals surface area contributed by atoms with Gasteiger partial charge in [-0.05, 0) is 25.2 Å². The number of nitrogens with one attached hydrogen (secondary N) is 2. The van der Waals surface area contributed by atoms with Gasteiger partial charge in [0, 0.05) is 27.1 Å². The number of carbonyl (C=O) groups excluding carboxylic acids is 1. The molecule has 4 heteroatoms. The Hall–Kier alpha value is -1.13. The van der Waals surface area contributed by atoms with Crippen LogP contribution in [0.1, 0.15) is 10.4 Å². The Balaban J connectivity index is 2.52. The molecule has 1 aromatic carbocycles. The van der Waals surface area contributed by atoms with E-state index in [0.717, 1.165) is 20.9 Å². The van der Waals surface area contributed by atoms with Crippen molar-refractivity contribution in [2.45, 2.75) is 0 Å². The van der Waals surface area contributed by atoms with E-state index < -0.39 is 0 Å². The predicted octanol–water partition coefficient (Wildman–Crippen LogP) is 2.33. The molecule has 0 spiro atoms. The monoisotopic (exact) mass is 266 g/mol. The van der Waals surface area contributed by atoms with Crippen molar-refractivity contribution in [1.82, 2.24) is 10.3 Å². The number of hydrogen-bond donors (Lipinski definition) is 2. The van der Waals surface area contributed by atoms with Crippen LogP contribution in [0.4, 0.5) is 0 Å². The first-order valence-corrected chi connectivity index (χ1v) is 5.46. The SMILES string of the molecule is CNCC(=O)c1c[nH]c2ccc(Br)cc12. The van der Waals surface area contributed by atoms with Crippen molar-refractivity contribution in [3.05, 3.63) is 34.4 Å². The number of Topliss-reactive ketones (excluding diaryl/α,β-unsaturated/α-hetero) is 1. The lowest BCUT2D eigenvalue weighted by atomic mass is 10.1. The Labute approximate surface area is 96.0 Å². The van der Waals surface area contributed by atoms with Gasteiger partial charge >= 0.3 is 0 Å². The number of halogens is 1. The number of fused-ring (bicyclic) bond motifs is 1. The van der Waals surface area contributed by atoms with E-state index in [0.29, 0.717) is 6.54 Å². The zero-order valence-corrected chi connectivity index (χ0v) is 9.89. The van der Waals surface area contributed by atoms with Crippen LogP contribution in [-0.2, 0) is 0 Å². The van der Waals surface area contributed by atoms with E-state index in [1.807, 2.05) is 18.2 Å². The quantitative estimate of drug-likeness (QED) is 0.838. The Morgan fingerprint density at radius 2 is 2.33 bits per heavy atom. The maximum absolute atomic E-state index is 11.7. The molecule has 78 valence electrons. The Bertz CT molecular complexity index is 504. The lowest BCUT2D eigenvalue weighted by molar-refractivity contribution is 0.0995. The third-order valence-electron chi connectivity index (χ3n) is 2.28. The highest BCUT2D eigenvalue weighted by Crippen LogP contribution is 2.22. The van der Waals surface area contributed by atoms with Gasteiger partial charge in [-0.2, -0.15) is 0 Å².